The highest BCUT2D eigenvalue weighted by atomic mass is 32.2. The molecule has 192 valence electrons. The van der Waals surface area contributed by atoms with Gasteiger partial charge in [0.05, 0.1) is 27.7 Å². The minimum atomic E-state index is -4.41. The van der Waals surface area contributed by atoms with E-state index >= 15 is 0 Å². The summed E-state index contributed by atoms with van der Waals surface area (Å²) < 4.78 is 27.8. The lowest BCUT2D eigenvalue weighted by Gasteiger charge is -2.28. The van der Waals surface area contributed by atoms with Gasteiger partial charge < -0.3 is 23.2 Å². The van der Waals surface area contributed by atoms with Crippen LogP contribution in [-0.2, 0) is 23.1 Å². The number of hydrogen-bond donors (Lipinski definition) is 0. The smallest absolute Gasteiger partial charge is 0.305 e. The van der Waals surface area contributed by atoms with Crippen molar-refractivity contribution >= 4 is 25.6 Å². The summed E-state index contributed by atoms with van der Waals surface area (Å²) in [7, 11) is 1.44. The van der Waals surface area contributed by atoms with Crippen molar-refractivity contribution in [3.05, 3.63) is 0 Å². The maximum atomic E-state index is 12.0. The molecule has 0 amide bonds. The highest BCUT2D eigenvalue weighted by Crippen LogP contribution is 2.38. The second-order valence-electron chi connectivity index (χ2n) is 9.31. The van der Waals surface area contributed by atoms with Crippen molar-refractivity contribution in [2.45, 2.75) is 90.6 Å². The lowest BCUT2D eigenvalue weighted by atomic mass is 10.1. The van der Waals surface area contributed by atoms with Crippen molar-refractivity contribution in [1.82, 2.24) is 0 Å². The number of phosphoric acid groups is 1. The molecule has 7 nitrogen and oxygen atoms in total. The summed E-state index contributed by atoms with van der Waals surface area (Å²) >= 11 is 1.67. The third kappa shape index (κ3) is 21.7. The van der Waals surface area contributed by atoms with Crippen LogP contribution in [-0.4, -0.2) is 69.0 Å². The quantitative estimate of drug-likeness (QED) is 0.0883. The number of unbranched alkanes of at least 4 members (excludes halogenated alkanes) is 9. The first-order valence-corrected chi connectivity index (χ1v) is 14.9. The zero-order valence-corrected chi connectivity index (χ0v) is 22.9. The van der Waals surface area contributed by atoms with E-state index in [-0.39, 0.29) is 25.6 Å². The fourth-order valence-corrected chi connectivity index (χ4v) is 4.66. The Morgan fingerprint density at radius 1 is 0.938 bits per heavy atom. The Labute approximate surface area is 201 Å². The first-order valence-electron chi connectivity index (χ1n) is 12.3. The normalized spacial score (nSPS) is 14.8. The summed E-state index contributed by atoms with van der Waals surface area (Å²) in [5.41, 5.74) is 0. The molecule has 9 heteroatoms. The molecule has 2 atom stereocenters. The predicted molar refractivity (Wildman–Crippen MR) is 132 cm³/mol. The molecule has 2 unspecified atom stereocenters. The number of ether oxygens (including phenoxy) is 1. The van der Waals surface area contributed by atoms with Crippen LogP contribution in [0.25, 0.3) is 0 Å². The van der Waals surface area contributed by atoms with Gasteiger partial charge in [-0.3, -0.25) is 9.36 Å². The van der Waals surface area contributed by atoms with Gasteiger partial charge in [-0.05, 0) is 12.2 Å². The fourth-order valence-electron chi connectivity index (χ4n) is 2.93. The van der Waals surface area contributed by atoms with Crippen molar-refractivity contribution in [2.24, 2.45) is 0 Å². The average molecular weight is 498 g/mol. The average Bonchev–Trinajstić information content (AvgIpc) is 2.71. The van der Waals surface area contributed by atoms with Crippen LogP contribution < -0.4 is 4.89 Å². The fraction of sp³-hybridized carbons (Fsp3) is 0.957. The van der Waals surface area contributed by atoms with Crippen molar-refractivity contribution in [2.75, 3.05) is 52.4 Å². The molecule has 0 aromatic carbocycles. The van der Waals surface area contributed by atoms with Gasteiger partial charge in [-0.2, -0.15) is 11.8 Å². The van der Waals surface area contributed by atoms with Crippen LogP contribution in [0.1, 0.15) is 84.5 Å². The second kappa shape index (κ2) is 19.2. The highest BCUT2D eigenvalue weighted by Gasteiger charge is 2.19. The van der Waals surface area contributed by atoms with E-state index in [0.29, 0.717) is 16.8 Å². The maximum Gasteiger partial charge on any atom is 0.305 e. The van der Waals surface area contributed by atoms with Crippen molar-refractivity contribution in [1.29, 1.82) is 0 Å². The predicted octanol–water partition coefficient (Wildman–Crippen LogP) is 5.17. The maximum absolute atomic E-state index is 12.0. The lowest BCUT2D eigenvalue weighted by molar-refractivity contribution is -0.870. The largest absolute Gasteiger partial charge is 0.756 e. The lowest BCUT2D eigenvalue weighted by Crippen LogP contribution is -2.37. The van der Waals surface area contributed by atoms with Crippen LogP contribution in [0.15, 0.2) is 0 Å². The minimum absolute atomic E-state index is 0.0528. The number of quaternary nitrogens is 1. The first kappa shape index (κ1) is 31.9. The third-order valence-electron chi connectivity index (χ3n) is 4.96. The standard InChI is InChI=1S/C23H48NO6PS/c1-6-8-9-10-11-12-13-14-15-16-19-32-21-22(30-23(25)7-2)20-29-31(26,27)28-18-17-24(3,4)5/h22H,6-21H2,1-5H3. The molecule has 0 fully saturated rings. The summed E-state index contributed by atoms with van der Waals surface area (Å²) in [5.74, 6) is 1.12. The molecule has 0 aliphatic rings. The molecular weight excluding hydrogens is 449 g/mol. The van der Waals surface area contributed by atoms with Gasteiger partial charge in [0.1, 0.15) is 19.3 Å². The van der Waals surface area contributed by atoms with Crippen LogP contribution in [0, 0.1) is 0 Å². The summed E-state index contributed by atoms with van der Waals surface area (Å²) in [6.07, 6.45) is 12.6. The SMILES string of the molecule is CCCCCCCCCCCCSCC(COP(=O)([O-])OCC[N+](C)(C)C)OC(=O)CC. The molecule has 0 rings (SSSR count). The van der Waals surface area contributed by atoms with E-state index in [0.717, 1.165) is 12.2 Å². The molecule has 0 radical (unpaired) electrons. The zero-order valence-electron chi connectivity index (χ0n) is 21.1. The van der Waals surface area contributed by atoms with Gasteiger partial charge >= 0.3 is 5.97 Å². The van der Waals surface area contributed by atoms with Gasteiger partial charge in [0.25, 0.3) is 7.82 Å². The van der Waals surface area contributed by atoms with Crippen LogP contribution in [0.5, 0.6) is 0 Å². The van der Waals surface area contributed by atoms with E-state index in [4.69, 9.17) is 13.8 Å². The number of thioether (sulfide) groups is 1. The van der Waals surface area contributed by atoms with Gasteiger partial charge in [-0.15, -0.1) is 0 Å². The Balaban J connectivity index is 4.04. The molecule has 0 saturated heterocycles. The number of carbonyl (C=O) groups excluding carboxylic acids is 1. The second-order valence-corrected chi connectivity index (χ2v) is 11.9. The van der Waals surface area contributed by atoms with Crippen molar-refractivity contribution in [3.8, 4) is 0 Å². The van der Waals surface area contributed by atoms with Gasteiger partial charge in [0.2, 0.25) is 0 Å². The number of carbonyl (C=O) groups is 1. The minimum Gasteiger partial charge on any atom is -0.756 e. The molecule has 0 aromatic rings. The zero-order chi connectivity index (χ0) is 24.3. The monoisotopic (exact) mass is 497 g/mol. The summed E-state index contributed by atoms with van der Waals surface area (Å²) in [5, 5.41) is 0. The molecule has 0 N–H and O–H groups in total. The van der Waals surface area contributed by atoms with Crippen LogP contribution in [0.4, 0.5) is 0 Å². The van der Waals surface area contributed by atoms with Crippen LogP contribution in [0.2, 0.25) is 0 Å². The van der Waals surface area contributed by atoms with Crippen molar-refractivity contribution < 1.29 is 32.5 Å². The molecule has 0 aromatic heterocycles. The number of hydrogen-bond acceptors (Lipinski definition) is 7. The molecule has 0 bridgehead atoms. The van der Waals surface area contributed by atoms with Gasteiger partial charge in [-0.25, -0.2) is 0 Å². The van der Waals surface area contributed by atoms with E-state index in [1.807, 2.05) is 21.1 Å². The number of esters is 1. The Morgan fingerprint density at radius 2 is 1.50 bits per heavy atom. The van der Waals surface area contributed by atoms with E-state index < -0.39 is 13.9 Å². The summed E-state index contributed by atoms with van der Waals surface area (Å²) in [6.45, 7) is 4.34. The summed E-state index contributed by atoms with van der Waals surface area (Å²) in [4.78, 5) is 23.7. The molecule has 0 aliphatic heterocycles. The molecule has 0 saturated carbocycles. The Bertz CT molecular complexity index is 515. The van der Waals surface area contributed by atoms with Gasteiger partial charge in [-0.1, -0.05) is 71.6 Å². The number of rotatable bonds is 22. The van der Waals surface area contributed by atoms with Crippen LogP contribution in [0.3, 0.4) is 0 Å². The number of nitrogens with zero attached hydrogens (tertiary/aromatic N) is 1. The Morgan fingerprint density at radius 3 is 2.03 bits per heavy atom. The Hall–Kier alpha value is -0.110. The first-order chi connectivity index (χ1) is 15.1. The van der Waals surface area contributed by atoms with E-state index in [1.54, 1.807) is 18.7 Å². The highest BCUT2D eigenvalue weighted by molar-refractivity contribution is 7.99. The topological polar surface area (TPSA) is 84.9 Å². The third-order valence-corrected chi connectivity index (χ3v) is 7.11. The molecule has 0 heterocycles. The Kier molecular flexibility index (Phi) is 19.2. The molecule has 0 spiro atoms. The molecule has 0 aliphatic carbocycles. The van der Waals surface area contributed by atoms with Gasteiger partial charge in [0, 0.05) is 12.2 Å². The van der Waals surface area contributed by atoms with E-state index in [1.165, 1.54) is 57.8 Å². The number of likely N-dealkylation sites (N-methyl/N-ethyl adjacent to an activating group) is 1. The van der Waals surface area contributed by atoms with Crippen LogP contribution >= 0.6 is 19.6 Å². The van der Waals surface area contributed by atoms with E-state index in [2.05, 4.69) is 6.92 Å². The number of phosphoric ester groups is 1. The van der Waals surface area contributed by atoms with Gasteiger partial charge in [0.15, 0.2) is 0 Å². The summed E-state index contributed by atoms with van der Waals surface area (Å²) in [6, 6.07) is 0. The van der Waals surface area contributed by atoms with Crippen molar-refractivity contribution in [3.63, 3.8) is 0 Å². The molecular formula is C23H48NO6PS. The van der Waals surface area contributed by atoms with E-state index in [9.17, 15) is 14.3 Å². The molecule has 32 heavy (non-hydrogen) atoms.